The minimum absolute atomic E-state index is 0. The molecule has 0 aromatic carbocycles. The Morgan fingerprint density at radius 3 is 2.47 bits per heavy atom. The van der Waals surface area contributed by atoms with E-state index in [1.807, 2.05) is 11.9 Å². The van der Waals surface area contributed by atoms with E-state index in [-0.39, 0.29) is 24.0 Å². The van der Waals surface area contributed by atoms with E-state index >= 15 is 0 Å². The Balaban J connectivity index is 0.00000144. The van der Waals surface area contributed by atoms with Crippen molar-refractivity contribution in [3.8, 4) is 0 Å². The van der Waals surface area contributed by atoms with Crippen LogP contribution in [0.15, 0.2) is 4.99 Å². The summed E-state index contributed by atoms with van der Waals surface area (Å²) in [6.45, 7) is 2.20. The van der Waals surface area contributed by atoms with E-state index in [1.165, 1.54) is 6.26 Å². The lowest BCUT2D eigenvalue weighted by Gasteiger charge is -2.40. The molecule has 1 aliphatic carbocycles. The molecule has 1 N–H and O–H groups in total. The van der Waals surface area contributed by atoms with Gasteiger partial charge < -0.3 is 10.2 Å². The molecule has 0 amide bonds. The van der Waals surface area contributed by atoms with Crippen molar-refractivity contribution in [2.24, 2.45) is 4.99 Å². The SMILES string of the molecule is CN1CCN=C1NCC1(S(C)(=O)=O)CCC1.I. The van der Waals surface area contributed by atoms with E-state index in [4.69, 9.17) is 0 Å². The normalized spacial score (nSPS) is 22.5. The summed E-state index contributed by atoms with van der Waals surface area (Å²) in [5.41, 5.74) is 0. The first-order valence-corrected chi connectivity index (χ1v) is 7.53. The summed E-state index contributed by atoms with van der Waals surface area (Å²) < 4.78 is 22.9. The van der Waals surface area contributed by atoms with Crippen LogP contribution in [0.5, 0.6) is 0 Å². The maximum Gasteiger partial charge on any atom is 0.193 e. The van der Waals surface area contributed by atoms with Gasteiger partial charge in [-0.1, -0.05) is 6.42 Å². The Morgan fingerprint density at radius 2 is 2.12 bits per heavy atom. The van der Waals surface area contributed by atoms with Crippen LogP contribution >= 0.6 is 24.0 Å². The van der Waals surface area contributed by atoms with Gasteiger partial charge in [0.05, 0.1) is 11.3 Å². The summed E-state index contributed by atoms with van der Waals surface area (Å²) in [4.78, 5) is 6.32. The molecule has 2 aliphatic rings. The van der Waals surface area contributed by atoms with Crippen LogP contribution in [0.1, 0.15) is 19.3 Å². The first-order valence-electron chi connectivity index (χ1n) is 5.64. The highest BCUT2D eigenvalue weighted by atomic mass is 127. The van der Waals surface area contributed by atoms with Crippen molar-refractivity contribution in [1.29, 1.82) is 0 Å². The van der Waals surface area contributed by atoms with Crippen LogP contribution in [0.2, 0.25) is 0 Å². The average molecular weight is 373 g/mol. The van der Waals surface area contributed by atoms with Gasteiger partial charge in [-0.25, -0.2) is 8.42 Å². The van der Waals surface area contributed by atoms with Crippen molar-refractivity contribution < 1.29 is 8.42 Å². The van der Waals surface area contributed by atoms with Crippen LogP contribution < -0.4 is 5.32 Å². The maximum atomic E-state index is 11.7. The molecule has 0 saturated heterocycles. The fourth-order valence-electron chi connectivity index (χ4n) is 2.21. The van der Waals surface area contributed by atoms with Gasteiger partial charge in [0.15, 0.2) is 15.8 Å². The van der Waals surface area contributed by atoms with E-state index in [2.05, 4.69) is 10.3 Å². The van der Waals surface area contributed by atoms with Gasteiger partial charge in [-0.2, -0.15) is 0 Å². The third-order valence-corrected chi connectivity index (χ3v) is 5.80. The molecule has 2 rings (SSSR count). The molecule has 0 aromatic rings. The topological polar surface area (TPSA) is 61.8 Å². The molecule has 100 valence electrons. The average Bonchev–Trinajstić information content (AvgIpc) is 2.47. The predicted molar refractivity (Wildman–Crippen MR) is 79.8 cm³/mol. The monoisotopic (exact) mass is 373 g/mol. The number of nitrogens with one attached hydrogen (secondary N) is 1. The lowest BCUT2D eigenvalue weighted by atomic mass is 9.84. The summed E-state index contributed by atoms with van der Waals surface area (Å²) in [7, 11) is -1.01. The lowest BCUT2D eigenvalue weighted by Crippen LogP contribution is -2.54. The highest BCUT2D eigenvalue weighted by Crippen LogP contribution is 2.38. The summed E-state index contributed by atoms with van der Waals surface area (Å²) in [6, 6.07) is 0. The largest absolute Gasteiger partial charge is 0.355 e. The molecular formula is C10H20IN3O2S. The van der Waals surface area contributed by atoms with Crippen LogP contribution in [-0.4, -0.2) is 57.0 Å². The zero-order chi connectivity index (χ0) is 11.8. The summed E-state index contributed by atoms with van der Waals surface area (Å²) >= 11 is 0. The highest BCUT2D eigenvalue weighted by molar-refractivity contribution is 14.0. The lowest BCUT2D eigenvalue weighted by molar-refractivity contribution is 0.333. The minimum Gasteiger partial charge on any atom is -0.355 e. The Kier molecular flexibility index (Phi) is 4.67. The van der Waals surface area contributed by atoms with E-state index in [0.29, 0.717) is 6.54 Å². The number of halogens is 1. The second-order valence-corrected chi connectivity index (χ2v) is 7.20. The molecule has 0 bridgehead atoms. The Bertz CT molecular complexity index is 404. The molecule has 1 saturated carbocycles. The highest BCUT2D eigenvalue weighted by Gasteiger charge is 2.46. The van der Waals surface area contributed by atoms with Gasteiger partial charge >= 0.3 is 0 Å². The number of nitrogens with zero attached hydrogens (tertiary/aromatic N) is 2. The van der Waals surface area contributed by atoms with Gasteiger partial charge in [-0.3, -0.25) is 4.99 Å². The molecule has 0 atom stereocenters. The number of hydrogen-bond acceptors (Lipinski definition) is 5. The van der Waals surface area contributed by atoms with E-state index < -0.39 is 14.6 Å². The Hall–Kier alpha value is -0.0500. The summed E-state index contributed by atoms with van der Waals surface area (Å²) in [5, 5.41) is 3.18. The number of rotatable bonds is 3. The number of sulfone groups is 1. The Labute approximate surface area is 120 Å². The van der Waals surface area contributed by atoms with Crippen LogP contribution in [0.25, 0.3) is 0 Å². The Morgan fingerprint density at radius 1 is 1.47 bits per heavy atom. The van der Waals surface area contributed by atoms with Crippen molar-refractivity contribution >= 4 is 39.8 Å². The van der Waals surface area contributed by atoms with Crippen molar-refractivity contribution in [2.75, 3.05) is 32.9 Å². The second kappa shape index (κ2) is 5.29. The van der Waals surface area contributed by atoms with Crippen LogP contribution in [0, 0.1) is 0 Å². The molecule has 0 spiro atoms. The summed E-state index contributed by atoms with van der Waals surface area (Å²) in [6.07, 6.45) is 3.90. The minimum atomic E-state index is -2.97. The van der Waals surface area contributed by atoms with Crippen molar-refractivity contribution in [1.82, 2.24) is 10.2 Å². The van der Waals surface area contributed by atoms with Gasteiger partial charge in [-0.15, -0.1) is 24.0 Å². The molecule has 1 fully saturated rings. The third-order valence-electron chi connectivity index (χ3n) is 3.68. The van der Waals surface area contributed by atoms with Gasteiger partial charge in [0, 0.05) is 26.4 Å². The first-order chi connectivity index (χ1) is 7.45. The molecule has 0 unspecified atom stereocenters. The molecule has 1 heterocycles. The van der Waals surface area contributed by atoms with Crippen molar-refractivity contribution in [3.05, 3.63) is 0 Å². The van der Waals surface area contributed by atoms with Gasteiger partial charge in [0.25, 0.3) is 0 Å². The standard InChI is InChI=1S/C10H19N3O2S.HI/c1-13-7-6-11-9(13)12-8-10(4-3-5-10)16(2,14)15;/h3-8H2,1-2H3,(H,11,12);1H. The van der Waals surface area contributed by atoms with Crippen molar-refractivity contribution in [2.45, 2.75) is 24.0 Å². The van der Waals surface area contributed by atoms with E-state index in [1.54, 1.807) is 0 Å². The zero-order valence-corrected chi connectivity index (χ0v) is 13.4. The number of likely N-dealkylation sites (N-methyl/N-ethyl adjacent to an activating group) is 1. The predicted octanol–water partition coefficient (Wildman–Crippen LogP) is 0.463. The number of aliphatic imine (C=N–C) groups is 1. The molecular weight excluding hydrogens is 353 g/mol. The van der Waals surface area contributed by atoms with E-state index in [9.17, 15) is 8.42 Å². The molecule has 17 heavy (non-hydrogen) atoms. The van der Waals surface area contributed by atoms with Gasteiger partial charge in [-0.05, 0) is 12.8 Å². The molecule has 0 aromatic heterocycles. The van der Waals surface area contributed by atoms with Crippen molar-refractivity contribution in [3.63, 3.8) is 0 Å². The first kappa shape index (κ1) is 15.0. The van der Waals surface area contributed by atoms with Gasteiger partial charge in [0.2, 0.25) is 0 Å². The fourth-order valence-corrected chi connectivity index (χ4v) is 3.58. The van der Waals surface area contributed by atoms with Crippen LogP contribution in [-0.2, 0) is 9.84 Å². The van der Waals surface area contributed by atoms with E-state index in [0.717, 1.165) is 38.3 Å². The van der Waals surface area contributed by atoms with Gasteiger partial charge in [0.1, 0.15) is 0 Å². The molecule has 1 aliphatic heterocycles. The molecule has 7 heteroatoms. The molecule has 0 radical (unpaired) electrons. The summed E-state index contributed by atoms with van der Waals surface area (Å²) in [5.74, 6) is 0.829. The van der Waals surface area contributed by atoms with Crippen LogP contribution in [0.3, 0.4) is 0 Å². The molecule has 5 nitrogen and oxygen atoms in total. The maximum absolute atomic E-state index is 11.7. The quantitative estimate of drug-likeness (QED) is 0.731. The zero-order valence-electron chi connectivity index (χ0n) is 10.3. The number of hydrogen-bond donors (Lipinski definition) is 1. The third kappa shape index (κ3) is 2.86. The second-order valence-electron chi connectivity index (χ2n) is 4.79. The smallest absolute Gasteiger partial charge is 0.193 e. The number of guanidine groups is 1. The fraction of sp³-hybridized carbons (Fsp3) is 0.900. The van der Waals surface area contributed by atoms with Crippen LogP contribution in [0.4, 0.5) is 0 Å².